The van der Waals surface area contributed by atoms with Crippen molar-refractivity contribution in [1.29, 1.82) is 0 Å². The van der Waals surface area contributed by atoms with Crippen molar-refractivity contribution in [3.63, 3.8) is 0 Å². The smallest absolute Gasteiger partial charge is 0.343 e. The molecule has 0 saturated heterocycles. The second-order valence-corrected chi connectivity index (χ2v) is 9.27. The molecular weight excluding hydrogens is 548 g/mol. The van der Waals surface area contributed by atoms with Crippen LogP contribution >= 0.6 is 0 Å². The maximum Gasteiger partial charge on any atom is 0.343 e. The Labute approximate surface area is 247 Å². The molecule has 0 aliphatic carbocycles. The Balaban J connectivity index is 1.15. The lowest BCUT2D eigenvalue weighted by molar-refractivity contribution is 0.0715. The minimum absolute atomic E-state index is 0.255. The molecule has 0 aliphatic rings. The zero-order valence-corrected chi connectivity index (χ0v) is 22.9. The third-order valence-electron chi connectivity index (χ3n) is 6.18. The molecule has 0 heterocycles. The largest absolute Gasteiger partial charge is 0.423 e. The van der Waals surface area contributed by atoms with Crippen LogP contribution in [0, 0.1) is 6.92 Å². The van der Waals surface area contributed by atoms with Crippen molar-refractivity contribution in [1.82, 2.24) is 0 Å². The molecule has 5 aromatic rings. The van der Waals surface area contributed by atoms with E-state index in [2.05, 4.69) is 0 Å². The van der Waals surface area contributed by atoms with E-state index in [0.717, 1.165) is 0 Å². The van der Waals surface area contributed by atoms with Crippen LogP contribution in [0.2, 0.25) is 0 Å². The van der Waals surface area contributed by atoms with Crippen LogP contribution in [0.1, 0.15) is 47.0 Å². The van der Waals surface area contributed by atoms with Gasteiger partial charge in [-0.1, -0.05) is 36.4 Å². The molecule has 0 radical (unpaired) electrons. The Hall–Kier alpha value is -6.02. The van der Waals surface area contributed by atoms with Crippen LogP contribution in [-0.4, -0.2) is 23.9 Å². The van der Waals surface area contributed by atoms with Crippen molar-refractivity contribution >= 4 is 23.9 Å². The van der Waals surface area contributed by atoms with E-state index < -0.39 is 23.9 Å². The van der Waals surface area contributed by atoms with Gasteiger partial charge in [0.1, 0.15) is 23.0 Å². The molecule has 5 rings (SSSR count). The first-order valence-corrected chi connectivity index (χ1v) is 13.2. The molecule has 0 fully saturated rings. The fourth-order valence-electron chi connectivity index (χ4n) is 3.92. The van der Waals surface area contributed by atoms with Crippen LogP contribution in [0.15, 0.2) is 127 Å². The summed E-state index contributed by atoms with van der Waals surface area (Å²) in [5, 5.41) is 0. The summed E-state index contributed by atoms with van der Waals surface area (Å²) in [4.78, 5) is 49.8. The van der Waals surface area contributed by atoms with Crippen molar-refractivity contribution in [2.45, 2.75) is 6.92 Å². The van der Waals surface area contributed by atoms with E-state index in [1.54, 1.807) is 73.7 Å². The molecule has 212 valence electrons. The first kappa shape index (κ1) is 28.5. The molecule has 0 aromatic heterocycles. The average Bonchev–Trinajstić information content (AvgIpc) is 3.03. The lowest BCUT2D eigenvalue weighted by Gasteiger charge is -2.11. The predicted molar refractivity (Wildman–Crippen MR) is 157 cm³/mol. The lowest BCUT2D eigenvalue weighted by atomic mass is 10.2. The predicted octanol–water partition coefficient (Wildman–Crippen LogP) is 6.87. The first-order valence-electron chi connectivity index (χ1n) is 13.2. The molecule has 0 bridgehead atoms. The Bertz CT molecular complexity index is 1760. The second kappa shape index (κ2) is 13.1. The van der Waals surface area contributed by atoms with Gasteiger partial charge < -0.3 is 18.9 Å². The molecule has 0 N–H and O–H groups in total. The van der Waals surface area contributed by atoms with E-state index in [-0.39, 0.29) is 34.1 Å². The number of aryl methyl sites for hydroxylation is 1. The summed E-state index contributed by atoms with van der Waals surface area (Å²) in [7, 11) is 0. The number of rotatable bonds is 8. The van der Waals surface area contributed by atoms with E-state index in [1.165, 1.54) is 60.7 Å². The average molecular weight is 573 g/mol. The summed E-state index contributed by atoms with van der Waals surface area (Å²) in [5.41, 5.74) is 1.90. The van der Waals surface area contributed by atoms with Gasteiger partial charge in [-0.2, -0.15) is 0 Å². The molecule has 5 aromatic carbocycles. The number of carbonyl (C=O) groups excluding carboxylic acids is 4. The fourth-order valence-corrected chi connectivity index (χ4v) is 3.92. The molecule has 0 aliphatic heterocycles. The molecule has 0 amide bonds. The van der Waals surface area contributed by atoms with Crippen LogP contribution in [-0.2, 0) is 0 Å². The van der Waals surface area contributed by atoms with E-state index in [4.69, 9.17) is 18.9 Å². The molecule has 8 nitrogen and oxygen atoms in total. The number of hydrogen-bond donors (Lipinski definition) is 0. The van der Waals surface area contributed by atoms with Crippen molar-refractivity contribution < 1.29 is 38.1 Å². The Morgan fingerprint density at radius 2 is 0.744 bits per heavy atom. The molecule has 8 heteroatoms. The van der Waals surface area contributed by atoms with Crippen LogP contribution in [0.5, 0.6) is 23.0 Å². The van der Waals surface area contributed by atoms with Crippen molar-refractivity contribution in [2.24, 2.45) is 0 Å². The lowest BCUT2D eigenvalue weighted by Crippen LogP contribution is -2.11. The number of carbonyl (C=O) groups is 4. The number of esters is 4. The van der Waals surface area contributed by atoms with E-state index in [9.17, 15) is 19.2 Å². The van der Waals surface area contributed by atoms with Gasteiger partial charge in [0.15, 0.2) is 0 Å². The first-order chi connectivity index (χ1) is 20.9. The van der Waals surface area contributed by atoms with Crippen LogP contribution in [0.25, 0.3) is 0 Å². The fraction of sp³-hybridized carbons (Fsp3) is 0.0286. The highest BCUT2D eigenvalue weighted by Gasteiger charge is 2.15. The third kappa shape index (κ3) is 7.39. The van der Waals surface area contributed by atoms with Gasteiger partial charge in [-0.25, -0.2) is 19.2 Å². The van der Waals surface area contributed by atoms with Gasteiger partial charge in [-0.15, -0.1) is 0 Å². The zero-order valence-electron chi connectivity index (χ0n) is 22.9. The maximum absolute atomic E-state index is 12.7. The quantitative estimate of drug-likeness (QED) is 0.147. The highest BCUT2D eigenvalue weighted by molar-refractivity contribution is 5.94. The molecule has 0 atom stereocenters. The number of ether oxygens (including phenoxy) is 4. The maximum atomic E-state index is 12.7. The highest BCUT2D eigenvalue weighted by Crippen LogP contribution is 2.26. The van der Waals surface area contributed by atoms with Crippen LogP contribution in [0.4, 0.5) is 0 Å². The van der Waals surface area contributed by atoms with Crippen molar-refractivity contribution in [3.05, 3.63) is 155 Å². The minimum atomic E-state index is -0.613. The third-order valence-corrected chi connectivity index (χ3v) is 6.18. The molecule has 0 saturated carbocycles. The summed E-state index contributed by atoms with van der Waals surface area (Å²) in [6.07, 6.45) is 0. The molecule has 43 heavy (non-hydrogen) atoms. The Kier molecular flexibility index (Phi) is 8.68. The Morgan fingerprint density at radius 1 is 0.395 bits per heavy atom. The Morgan fingerprint density at radius 3 is 1.16 bits per heavy atom. The van der Waals surface area contributed by atoms with Crippen molar-refractivity contribution in [2.75, 3.05) is 0 Å². The minimum Gasteiger partial charge on any atom is -0.423 e. The van der Waals surface area contributed by atoms with Gasteiger partial charge in [-0.05, 0) is 103 Å². The summed E-state index contributed by atoms with van der Waals surface area (Å²) >= 11 is 0. The number of hydrogen-bond acceptors (Lipinski definition) is 8. The zero-order chi connectivity index (χ0) is 30.2. The standard InChI is InChI=1S/C35H24O8/c1-23-22-30(42-34(38)26-12-16-28(17-13-26)40-32(36)24-8-4-2-5-9-24)20-21-31(23)43-35(39)27-14-18-29(19-15-27)41-33(37)25-10-6-3-7-11-25/h2-22H,1H3. The van der Waals surface area contributed by atoms with Crippen LogP contribution in [0.3, 0.4) is 0 Å². The van der Waals surface area contributed by atoms with Gasteiger partial charge in [0.2, 0.25) is 0 Å². The molecule has 0 spiro atoms. The SMILES string of the molecule is Cc1cc(OC(=O)c2ccc(OC(=O)c3ccccc3)cc2)ccc1OC(=O)c1ccc(OC(=O)c2ccccc2)cc1. The van der Waals surface area contributed by atoms with Gasteiger partial charge in [0.25, 0.3) is 0 Å². The van der Waals surface area contributed by atoms with Gasteiger partial charge in [0, 0.05) is 0 Å². The summed E-state index contributed by atoms with van der Waals surface area (Å²) in [6, 6.07) is 33.7. The summed E-state index contributed by atoms with van der Waals surface area (Å²) in [6.45, 7) is 1.71. The summed E-state index contributed by atoms with van der Waals surface area (Å²) in [5.74, 6) is -1.12. The normalized spacial score (nSPS) is 10.3. The van der Waals surface area contributed by atoms with Crippen molar-refractivity contribution in [3.8, 4) is 23.0 Å². The monoisotopic (exact) mass is 572 g/mol. The number of benzene rings is 5. The van der Waals surface area contributed by atoms with Gasteiger partial charge in [0.05, 0.1) is 22.3 Å². The summed E-state index contributed by atoms with van der Waals surface area (Å²) < 4.78 is 21.6. The van der Waals surface area contributed by atoms with Crippen LogP contribution < -0.4 is 18.9 Å². The second-order valence-electron chi connectivity index (χ2n) is 9.27. The molecule has 0 unspecified atom stereocenters. The van der Waals surface area contributed by atoms with E-state index in [1.807, 2.05) is 0 Å². The van der Waals surface area contributed by atoms with Gasteiger partial charge in [-0.3, -0.25) is 0 Å². The van der Waals surface area contributed by atoms with E-state index in [0.29, 0.717) is 16.7 Å². The van der Waals surface area contributed by atoms with Gasteiger partial charge >= 0.3 is 23.9 Å². The highest BCUT2D eigenvalue weighted by atomic mass is 16.5. The molecular formula is C35H24O8. The van der Waals surface area contributed by atoms with E-state index >= 15 is 0 Å². The topological polar surface area (TPSA) is 105 Å².